The summed E-state index contributed by atoms with van der Waals surface area (Å²) in [6, 6.07) is 9.87. The highest BCUT2D eigenvalue weighted by molar-refractivity contribution is 9.10. The van der Waals surface area contributed by atoms with Crippen LogP contribution in [0.15, 0.2) is 62.9 Å². The fourth-order valence-electron chi connectivity index (χ4n) is 3.40. The molecule has 0 atom stereocenters. The summed E-state index contributed by atoms with van der Waals surface area (Å²) in [7, 11) is -4.08. The molecule has 1 amide bonds. The Labute approximate surface area is 170 Å². The third kappa shape index (κ3) is 3.31. The normalized spacial score (nSPS) is 14.6. The van der Waals surface area contributed by atoms with Gasteiger partial charge in [0.2, 0.25) is 9.84 Å². The van der Waals surface area contributed by atoms with E-state index in [9.17, 15) is 17.6 Å². The van der Waals surface area contributed by atoms with Gasteiger partial charge in [-0.25, -0.2) is 12.8 Å². The molecule has 0 unspecified atom stereocenters. The van der Waals surface area contributed by atoms with Crippen molar-refractivity contribution in [2.45, 2.75) is 22.6 Å². The molecule has 2 aromatic carbocycles. The second-order valence-corrected chi connectivity index (χ2v) is 9.42. The molecule has 144 valence electrons. The summed E-state index contributed by atoms with van der Waals surface area (Å²) >= 11 is 3.28. The zero-order valence-corrected chi connectivity index (χ0v) is 17.1. The summed E-state index contributed by atoms with van der Waals surface area (Å²) in [5.41, 5.74) is 0.290. The molecule has 0 aliphatic carbocycles. The average molecular weight is 463 g/mol. The predicted molar refractivity (Wildman–Crippen MR) is 106 cm³/mol. The number of amides is 1. The van der Waals surface area contributed by atoms with Crippen LogP contribution in [-0.4, -0.2) is 37.3 Å². The molecule has 5 nitrogen and oxygen atoms in total. The first-order valence-electron chi connectivity index (χ1n) is 8.76. The van der Waals surface area contributed by atoms with Crippen LogP contribution < -0.4 is 0 Å². The maximum absolute atomic E-state index is 14.0. The molecule has 4 rings (SSSR count). The molecule has 0 spiro atoms. The van der Waals surface area contributed by atoms with Crippen molar-refractivity contribution < 1.29 is 17.6 Å². The van der Waals surface area contributed by atoms with E-state index in [1.165, 1.54) is 30.5 Å². The largest absolute Gasteiger partial charge is 0.339 e. The number of pyridine rings is 1. The Balaban J connectivity index is 2.00. The van der Waals surface area contributed by atoms with E-state index >= 15 is 0 Å². The summed E-state index contributed by atoms with van der Waals surface area (Å²) in [6.45, 7) is 1.13. The third-order valence-corrected chi connectivity index (χ3v) is 7.20. The van der Waals surface area contributed by atoms with Gasteiger partial charge in [-0.1, -0.05) is 15.9 Å². The van der Waals surface area contributed by atoms with Crippen LogP contribution in [0.4, 0.5) is 4.39 Å². The molecule has 1 aliphatic heterocycles. The van der Waals surface area contributed by atoms with Gasteiger partial charge in [-0.3, -0.25) is 9.78 Å². The summed E-state index contributed by atoms with van der Waals surface area (Å²) in [6.07, 6.45) is 3.03. The molecule has 3 aromatic rings. The zero-order chi connectivity index (χ0) is 19.9. The first-order chi connectivity index (χ1) is 13.4. The van der Waals surface area contributed by atoms with Crippen molar-refractivity contribution >= 4 is 42.6 Å². The molecule has 1 fully saturated rings. The Morgan fingerprint density at radius 1 is 1.07 bits per heavy atom. The molecule has 8 heteroatoms. The fraction of sp³-hybridized carbons (Fsp3) is 0.200. The van der Waals surface area contributed by atoms with Crippen molar-refractivity contribution in [3.63, 3.8) is 0 Å². The maximum Gasteiger partial charge on any atom is 0.256 e. The smallest absolute Gasteiger partial charge is 0.256 e. The second-order valence-electron chi connectivity index (χ2n) is 6.62. The van der Waals surface area contributed by atoms with Crippen molar-refractivity contribution in [2.24, 2.45) is 0 Å². The third-order valence-electron chi connectivity index (χ3n) is 4.80. The van der Waals surface area contributed by atoms with E-state index in [2.05, 4.69) is 20.9 Å². The van der Waals surface area contributed by atoms with Gasteiger partial charge in [0.15, 0.2) is 0 Å². The van der Waals surface area contributed by atoms with E-state index in [-0.39, 0.29) is 20.7 Å². The lowest BCUT2D eigenvalue weighted by Crippen LogP contribution is -2.29. The van der Waals surface area contributed by atoms with Gasteiger partial charge in [0.1, 0.15) is 5.82 Å². The number of halogens is 2. The number of carbonyl (C=O) groups is 1. The standard InChI is InChI=1S/C20H16BrFN2O3S/c21-13-3-6-15(7-4-13)28(26,27)19-16-11-14(22)5-8-18(16)23-12-17(19)20(25)24-9-1-2-10-24/h3-8,11-12H,1-2,9-10H2. The van der Waals surface area contributed by atoms with Crippen LogP contribution in [0.25, 0.3) is 10.9 Å². The number of nitrogens with zero attached hydrogens (tertiary/aromatic N) is 2. The predicted octanol–water partition coefficient (Wildman–Crippen LogP) is 4.21. The number of aromatic nitrogens is 1. The van der Waals surface area contributed by atoms with Crippen LogP contribution in [0.5, 0.6) is 0 Å². The van der Waals surface area contributed by atoms with E-state index in [4.69, 9.17) is 0 Å². The SMILES string of the molecule is O=C(c1cnc2ccc(F)cc2c1S(=O)(=O)c1ccc(Br)cc1)N1CCCC1. The molecule has 0 bridgehead atoms. The molecule has 1 saturated heterocycles. The summed E-state index contributed by atoms with van der Waals surface area (Å²) in [4.78, 5) is 18.7. The van der Waals surface area contributed by atoms with E-state index < -0.39 is 21.6 Å². The van der Waals surface area contributed by atoms with E-state index in [0.717, 1.165) is 23.4 Å². The zero-order valence-electron chi connectivity index (χ0n) is 14.7. The number of benzene rings is 2. The molecule has 28 heavy (non-hydrogen) atoms. The number of likely N-dealkylation sites (tertiary alicyclic amines) is 1. The minimum atomic E-state index is -4.08. The fourth-order valence-corrected chi connectivity index (χ4v) is 5.28. The maximum atomic E-state index is 14.0. The Kier molecular flexibility index (Phi) is 4.93. The van der Waals surface area contributed by atoms with E-state index in [1.54, 1.807) is 17.0 Å². The highest BCUT2D eigenvalue weighted by Crippen LogP contribution is 2.32. The highest BCUT2D eigenvalue weighted by Gasteiger charge is 2.31. The molecule has 2 heterocycles. The monoisotopic (exact) mass is 462 g/mol. The first-order valence-corrected chi connectivity index (χ1v) is 11.0. The Morgan fingerprint density at radius 2 is 1.75 bits per heavy atom. The van der Waals surface area contributed by atoms with Gasteiger partial charge in [-0.2, -0.15) is 0 Å². The van der Waals surface area contributed by atoms with Gasteiger partial charge in [0, 0.05) is 29.1 Å². The lowest BCUT2D eigenvalue weighted by molar-refractivity contribution is 0.0789. The molecule has 0 radical (unpaired) electrons. The van der Waals surface area contributed by atoms with Crippen molar-refractivity contribution in [3.05, 3.63) is 64.5 Å². The summed E-state index contributed by atoms with van der Waals surface area (Å²) < 4.78 is 41.6. The molecular weight excluding hydrogens is 447 g/mol. The van der Waals surface area contributed by atoms with E-state index in [1.807, 2.05) is 0 Å². The molecule has 1 aromatic heterocycles. The highest BCUT2D eigenvalue weighted by atomic mass is 79.9. The van der Waals surface area contributed by atoms with Crippen LogP contribution in [0.2, 0.25) is 0 Å². The number of carbonyl (C=O) groups excluding carboxylic acids is 1. The Bertz CT molecular complexity index is 1170. The van der Waals surface area contributed by atoms with Crippen LogP contribution >= 0.6 is 15.9 Å². The minimum absolute atomic E-state index is 0.0251. The van der Waals surface area contributed by atoms with Gasteiger partial charge in [-0.05, 0) is 55.3 Å². The van der Waals surface area contributed by atoms with Crippen LogP contribution in [0.3, 0.4) is 0 Å². The van der Waals surface area contributed by atoms with Gasteiger partial charge in [0.05, 0.1) is 20.9 Å². The summed E-state index contributed by atoms with van der Waals surface area (Å²) in [5.74, 6) is -0.987. The van der Waals surface area contributed by atoms with Gasteiger partial charge < -0.3 is 4.90 Å². The number of hydrogen-bond acceptors (Lipinski definition) is 4. The molecular formula is C20H16BrFN2O3S. The van der Waals surface area contributed by atoms with E-state index in [0.29, 0.717) is 18.6 Å². The Morgan fingerprint density at radius 3 is 2.43 bits per heavy atom. The van der Waals surface area contributed by atoms with Crippen molar-refractivity contribution in [1.29, 1.82) is 0 Å². The van der Waals surface area contributed by atoms with Crippen LogP contribution in [0, 0.1) is 5.82 Å². The number of sulfone groups is 1. The van der Waals surface area contributed by atoms with Crippen molar-refractivity contribution in [3.8, 4) is 0 Å². The number of fused-ring (bicyclic) bond motifs is 1. The van der Waals surface area contributed by atoms with Gasteiger partial charge in [-0.15, -0.1) is 0 Å². The average Bonchev–Trinajstić information content (AvgIpc) is 3.21. The summed E-state index contributed by atoms with van der Waals surface area (Å²) in [5, 5.41) is 0.105. The number of hydrogen-bond donors (Lipinski definition) is 0. The van der Waals surface area contributed by atoms with Crippen LogP contribution in [-0.2, 0) is 9.84 Å². The quantitative estimate of drug-likeness (QED) is 0.584. The topological polar surface area (TPSA) is 67.3 Å². The van der Waals surface area contributed by atoms with Gasteiger partial charge in [0.25, 0.3) is 5.91 Å². The molecule has 1 aliphatic rings. The first kappa shape index (κ1) is 19.0. The number of rotatable bonds is 3. The van der Waals surface area contributed by atoms with Gasteiger partial charge >= 0.3 is 0 Å². The minimum Gasteiger partial charge on any atom is -0.339 e. The molecule has 0 N–H and O–H groups in total. The lowest BCUT2D eigenvalue weighted by atomic mass is 10.1. The van der Waals surface area contributed by atoms with Crippen molar-refractivity contribution in [1.82, 2.24) is 9.88 Å². The van der Waals surface area contributed by atoms with Crippen molar-refractivity contribution in [2.75, 3.05) is 13.1 Å². The molecule has 0 saturated carbocycles. The van der Waals surface area contributed by atoms with Crippen LogP contribution in [0.1, 0.15) is 23.2 Å². The lowest BCUT2D eigenvalue weighted by Gasteiger charge is -2.19. The Hall–Kier alpha value is -2.32. The second kappa shape index (κ2) is 7.25.